The summed E-state index contributed by atoms with van der Waals surface area (Å²) in [6.45, 7) is 3.98. The number of nitrogens with zero attached hydrogens (tertiary/aromatic N) is 2. The number of carbonyl (C=O) groups excluding carboxylic acids is 2. The molecule has 1 aliphatic heterocycles. The number of para-hydroxylation sites is 1. The number of anilines is 2. The molecule has 182 valence electrons. The van der Waals surface area contributed by atoms with Crippen molar-refractivity contribution in [3.05, 3.63) is 89.5 Å². The van der Waals surface area contributed by atoms with Crippen molar-refractivity contribution in [3.8, 4) is 0 Å². The molecule has 1 saturated heterocycles. The molecule has 1 N–H and O–H groups in total. The second-order valence-corrected chi connectivity index (χ2v) is 10.4. The molecule has 7 nitrogen and oxygen atoms in total. The van der Waals surface area contributed by atoms with E-state index in [1.807, 2.05) is 12.1 Å². The van der Waals surface area contributed by atoms with Gasteiger partial charge < -0.3 is 9.80 Å². The van der Waals surface area contributed by atoms with Crippen LogP contribution in [0.5, 0.6) is 0 Å². The highest BCUT2D eigenvalue weighted by molar-refractivity contribution is 7.92. The summed E-state index contributed by atoms with van der Waals surface area (Å²) in [6.07, 6.45) is 2.37. The molecule has 0 atom stereocenters. The van der Waals surface area contributed by atoms with Crippen molar-refractivity contribution in [1.82, 2.24) is 4.90 Å². The van der Waals surface area contributed by atoms with Gasteiger partial charge in [-0.05, 0) is 67.8 Å². The SMILES string of the molecule is CC(=O)c1ccc(S(=O)(=O)Nc2ccc(C(=O)N(C)Cc3ccccc3N3CCCC3)cc2)cc1. The predicted octanol–water partition coefficient (Wildman–Crippen LogP) is 4.56. The number of hydrogen-bond donors (Lipinski definition) is 1. The van der Waals surface area contributed by atoms with Gasteiger partial charge in [-0.3, -0.25) is 14.3 Å². The summed E-state index contributed by atoms with van der Waals surface area (Å²) in [5, 5.41) is 0. The second kappa shape index (κ2) is 10.3. The van der Waals surface area contributed by atoms with E-state index in [2.05, 4.69) is 21.8 Å². The molecule has 35 heavy (non-hydrogen) atoms. The number of nitrogens with one attached hydrogen (secondary N) is 1. The van der Waals surface area contributed by atoms with Gasteiger partial charge in [-0.15, -0.1) is 0 Å². The molecule has 8 heteroatoms. The lowest BCUT2D eigenvalue weighted by molar-refractivity contribution is 0.0785. The van der Waals surface area contributed by atoms with Gasteiger partial charge in [0.1, 0.15) is 0 Å². The van der Waals surface area contributed by atoms with Gasteiger partial charge in [0, 0.05) is 49.2 Å². The zero-order valence-electron chi connectivity index (χ0n) is 19.9. The quantitative estimate of drug-likeness (QED) is 0.467. The first kappa shape index (κ1) is 24.5. The molecular weight excluding hydrogens is 462 g/mol. The molecule has 3 aromatic carbocycles. The van der Waals surface area contributed by atoms with E-state index in [4.69, 9.17) is 0 Å². The molecule has 4 rings (SSSR count). The van der Waals surface area contributed by atoms with E-state index in [0.717, 1.165) is 18.7 Å². The Bertz CT molecular complexity index is 1310. The standard InChI is InChI=1S/C27H29N3O4S/c1-20(31)21-11-15-25(16-12-21)35(33,34)28-24-13-9-22(10-14-24)27(32)29(2)19-23-7-3-4-8-26(23)30-17-5-6-18-30/h3-4,7-16,28H,5-6,17-19H2,1-2H3. The summed E-state index contributed by atoms with van der Waals surface area (Å²) in [4.78, 5) is 28.5. The Labute approximate surface area is 206 Å². The summed E-state index contributed by atoms with van der Waals surface area (Å²) in [5.41, 5.74) is 3.54. The molecule has 1 heterocycles. The Morgan fingerprint density at radius 1 is 0.886 bits per heavy atom. The largest absolute Gasteiger partial charge is 0.371 e. The van der Waals surface area contributed by atoms with E-state index in [9.17, 15) is 18.0 Å². The Hall–Kier alpha value is -3.65. The third kappa shape index (κ3) is 5.71. The fourth-order valence-corrected chi connectivity index (χ4v) is 5.28. The smallest absolute Gasteiger partial charge is 0.261 e. The second-order valence-electron chi connectivity index (χ2n) is 8.75. The molecule has 0 aliphatic carbocycles. The van der Waals surface area contributed by atoms with Gasteiger partial charge in [0.2, 0.25) is 0 Å². The van der Waals surface area contributed by atoms with Crippen molar-refractivity contribution in [1.29, 1.82) is 0 Å². The first-order valence-electron chi connectivity index (χ1n) is 11.6. The summed E-state index contributed by atoms with van der Waals surface area (Å²) in [7, 11) is -2.05. The Kier molecular flexibility index (Phi) is 7.21. The third-order valence-corrected chi connectivity index (χ3v) is 7.54. The minimum Gasteiger partial charge on any atom is -0.371 e. The van der Waals surface area contributed by atoms with Crippen LogP contribution in [0.25, 0.3) is 0 Å². The molecule has 0 radical (unpaired) electrons. The predicted molar refractivity (Wildman–Crippen MR) is 137 cm³/mol. The molecule has 3 aromatic rings. The normalized spacial score (nSPS) is 13.5. The number of sulfonamides is 1. The zero-order valence-corrected chi connectivity index (χ0v) is 20.7. The molecular formula is C27H29N3O4S. The summed E-state index contributed by atoms with van der Waals surface area (Å²) >= 11 is 0. The summed E-state index contributed by atoms with van der Waals surface area (Å²) in [6, 6.07) is 20.3. The maximum absolute atomic E-state index is 13.0. The molecule has 0 bridgehead atoms. The van der Waals surface area contributed by atoms with Gasteiger partial charge in [0.05, 0.1) is 4.90 Å². The Morgan fingerprint density at radius 3 is 2.11 bits per heavy atom. The molecule has 1 fully saturated rings. The van der Waals surface area contributed by atoms with Crippen LogP contribution in [0.4, 0.5) is 11.4 Å². The number of ketones is 1. The van der Waals surface area contributed by atoms with Crippen molar-refractivity contribution in [2.45, 2.75) is 31.2 Å². The van der Waals surface area contributed by atoms with Crippen LogP contribution in [0.1, 0.15) is 46.0 Å². The van der Waals surface area contributed by atoms with E-state index in [1.165, 1.54) is 49.7 Å². The molecule has 0 aromatic heterocycles. The van der Waals surface area contributed by atoms with Gasteiger partial charge in [0.15, 0.2) is 5.78 Å². The molecule has 1 aliphatic rings. The lowest BCUT2D eigenvalue weighted by Gasteiger charge is -2.24. The fourth-order valence-electron chi connectivity index (χ4n) is 4.22. The Morgan fingerprint density at radius 2 is 1.49 bits per heavy atom. The van der Waals surface area contributed by atoms with Crippen molar-refractivity contribution < 1.29 is 18.0 Å². The first-order valence-corrected chi connectivity index (χ1v) is 13.0. The van der Waals surface area contributed by atoms with Crippen molar-refractivity contribution in [2.24, 2.45) is 0 Å². The highest BCUT2D eigenvalue weighted by Crippen LogP contribution is 2.26. The summed E-state index contributed by atoms with van der Waals surface area (Å²) < 4.78 is 27.9. The topological polar surface area (TPSA) is 86.8 Å². The maximum Gasteiger partial charge on any atom is 0.261 e. The van der Waals surface area contributed by atoms with Crippen LogP contribution < -0.4 is 9.62 Å². The number of hydrogen-bond acceptors (Lipinski definition) is 5. The van der Waals surface area contributed by atoms with Crippen LogP contribution in [-0.2, 0) is 16.6 Å². The van der Waals surface area contributed by atoms with Crippen molar-refractivity contribution in [2.75, 3.05) is 29.8 Å². The van der Waals surface area contributed by atoms with Crippen LogP contribution in [0.3, 0.4) is 0 Å². The molecule has 0 spiro atoms. The van der Waals surface area contributed by atoms with Crippen LogP contribution in [0, 0.1) is 0 Å². The first-order chi connectivity index (χ1) is 16.7. The number of rotatable bonds is 8. The van der Waals surface area contributed by atoms with Crippen LogP contribution >= 0.6 is 0 Å². The van der Waals surface area contributed by atoms with Crippen LogP contribution in [0.2, 0.25) is 0 Å². The number of benzene rings is 3. The van der Waals surface area contributed by atoms with E-state index < -0.39 is 10.0 Å². The highest BCUT2D eigenvalue weighted by Gasteiger charge is 2.19. The van der Waals surface area contributed by atoms with E-state index in [1.54, 1.807) is 36.2 Å². The summed E-state index contributed by atoms with van der Waals surface area (Å²) in [5.74, 6) is -0.276. The van der Waals surface area contributed by atoms with Crippen molar-refractivity contribution in [3.63, 3.8) is 0 Å². The van der Waals surface area contributed by atoms with Gasteiger partial charge >= 0.3 is 0 Å². The third-order valence-electron chi connectivity index (χ3n) is 6.15. The number of carbonyl (C=O) groups is 2. The minimum absolute atomic E-state index is 0.0547. The van der Waals surface area contributed by atoms with E-state index >= 15 is 0 Å². The average Bonchev–Trinajstić information content (AvgIpc) is 3.39. The lowest BCUT2D eigenvalue weighted by atomic mass is 10.1. The van der Waals surface area contributed by atoms with Gasteiger partial charge in [0.25, 0.3) is 15.9 Å². The van der Waals surface area contributed by atoms with Crippen LogP contribution in [0.15, 0.2) is 77.7 Å². The lowest BCUT2D eigenvalue weighted by Crippen LogP contribution is -2.28. The monoisotopic (exact) mass is 491 g/mol. The van der Waals surface area contributed by atoms with Gasteiger partial charge in [-0.1, -0.05) is 30.3 Å². The maximum atomic E-state index is 13.0. The van der Waals surface area contributed by atoms with E-state index in [-0.39, 0.29) is 16.6 Å². The molecule has 0 unspecified atom stereocenters. The highest BCUT2D eigenvalue weighted by atomic mass is 32.2. The van der Waals surface area contributed by atoms with E-state index in [0.29, 0.717) is 23.4 Å². The Balaban J connectivity index is 1.43. The zero-order chi connectivity index (χ0) is 25.0. The minimum atomic E-state index is -3.82. The number of Topliss-reactive ketones (excluding diaryl/α,β-unsaturated/α-hetero) is 1. The van der Waals surface area contributed by atoms with Gasteiger partial charge in [-0.2, -0.15) is 0 Å². The van der Waals surface area contributed by atoms with Gasteiger partial charge in [-0.25, -0.2) is 8.42 Å². The molecule has 0 saturated carbocycles. The number of amides is 1. The van der Waals surface area contributed by atoms with Crippen molar-refractivity contribution >= 4 is 33.1 Å². The van der Waals surface area contributed by atoms with Crippen LogP contribution in [-0.4, -0.2) is 45.1 Å². The average molecular weight is 492 g/mol. The molecule has 1 amide bonds. The fraction of sp³-hybridized carbons (Fsp3) is 0.259.